The van der Waals surface area contributed by atoms with E-state index < -0.39 is 24.0 Å². The van der Waals surface area contributed by atoms with Crippen molar-refractivity contribution in [2.24, 2.45) is 5.73 Å². The van der Waals surface area contributed by atoms with Gasteiger partial charge < -0.3 is 20.7 Å². The number of aliphatic hydroxyl groups is 1. The van der Waals surface area contributed by atoms with Crippen molar-refractivity contribution >= 4 is 23.4 Å². The number of amides is 2. The van der Waals surface area contributed by atoms with E-state index in [0.717, 1.165) is 11.1 Å². The van der Waals surface area contributed by atoms with E-state index in [0.29, 0.717) is 22.0 Å². The van der Waals surface area contributed by atoms with Crippen molar-refractivity contribution in [2.75, 3.05) is 0 Å². The fraction of sp³-hybridized carbons (Fsp3) is 0.227. The highest BCUT2D eigenvalue weighted by Crippen LogP contribution is 2.26. The second kappa shape index (κ2) is 9.11. The van der Waals surface area contributed by atoms with E-state index in [2.05, 4.69) is 10.5 Å². The van der Waals surface area contributed by atoms with E-state index in [1.165, 1.54) is 0 Å². The third kappa shape index (κ3) is 4.87. The summed E-state index contributed by atoms with van der Waals surface area (Å²) in [5, 5.41) is 17.5. The van der Waals surface area contributed by atoms with Gasteiger partial charge in [-0.1, -0.05) is 53.2 Å². The Morgan fingerprint density at radius 3 is 2.53 bits per heavy atom. The quantitative estimate of drug-likeness (QED) is 0.535. The molecule has 3 aromatic rings. The van der Waals surface area contributed by atoms with Gasteiger partial charge in [0, 0.05) is 10.6 Å². The van der Waals surface area contributed by atoms with Gasteiger partial charge in [0.15, 0.2) is 11.9 Å². The molecule has 156 valence electrons. The van der Waals surface area contributed by atoms with Crippen LogP contribution in [0.5, 0.6) is 0 Å². The van der Waals surface area contributed by atoms with Crippen LogP contribution in [0.2, 0.25) is 5.02 Å². The maximum Gasteiger partial charge on any atom is 0.257 e. The van der Waals surface area contributed by atoms with Gasteiger partial charge in [-0.2, -0.15) is 0 Å². The standard InChI is InChI=1S/C22H22ClN3O4/c1-12-8-14(10-16(23)9-12)11-17(19(27)21(24)28)25-22(29)18-13(2)26-30-20(18)15-6-4-3-5-7-15/h3-10,17,19,27H,11H2,1-2H3,(H2,24,28)(H,25,29). The molecule has 0 aliphatic rings. The number of carbonyl (C=O) groups is 2. The smallest absolute Gasteiger partial charge is 0.257 e. The number of carbonyl (C=O) groups excluding carboxylic acids is 2. The topological polar surface area (TPSA) is 118 Å². The first-order chi connectivity index (χ1) is 14.3. The largest absolute Gasteiger partial charge is 0.381 e. The zero-order valence-electron chi connectivity index (χ0n) is 16.6. The van der Waals surface area contributed by atoms with Gasteiger partial charge in [0.05, 0.1) is 11.7 Å². The molecule has 0 aliphatic carbocycles. The molecular weight excluding hydrogens is 406 g/mol. The first-order valence-electron chi connectivity index (χ1n) is 9.32. The zero-order valence-corrected chi connectivity index (χ0v) is 17.3. The maximum atomic E-state index is 13.1. The summed E-state index contributed by atoms with van der Waals surface area (Å²) < 4.78 is 5.36. The van der Waals surface area contributed by atoms with Crippen LogP contribution in [0.25, 0.3) is 11.3 Å². The SMILES string of the molecule is Cc1cc(Cl)cc(CC(NC(=O)c2c(C)noc2-c2ccccc2)C(O)C(N)=O)c1. The Kier molecular flexibility index (Phi) is 6.54. The minimum absolute atomic E-state index is 0.155. The maximum absolute atomic E-state index is 13.1. The van der Waals surface area contributed by atoms with Crippen LogP contribution in [-0.4, -0.2) is 34.2 Å². The second-order valence-electron chi connectivity index (χ2n) is 7.11. The fourth-order valence-corrected chi connectivity index (χ4v) is 3.60. The highest BCUT2D eigenvalue weighted by molar-refractivity contribution is 6.30. The molecule has 30 heavy (non-hydrogen) atoms. The minimum Gasteiger partial charge on any atom is -0.381 e. The monoisotopic (exact) mass is 427 g/mol. The molecule has 1 heterocycles. The van der Waals surface area contributed by atoms with E-state index >= 15 is 0 Å². The normalized spacial score (nSPS) is 12.9. The second-order valence-corrected chi connectivity index (χ2v) is 7.54. The van der Waals surface area contributed by atoms with E-state index in [9.17, 15) is 14.7 Å². The lowest BCUT2D eigenvalue weighted by atomic mass is 9.98. The zero-order chi connectivity index (χ0) is 21.8. The summed E-state index contributed by atoms with van der Waals surface area (Å²) in [6.45, 7) is 3.52. The number of hydrogen-bond donors (Lipinski definition) is 3. The molecule has 1 aromatic heterocycles. The Hall–Kier alpha value is -3.16. The number of hydrogen-bond acceptors (Lipinski definition) is 5. The van der Waals surface area contributed by atoms with Crippen LogP contribution in [-0.2, 0) is 11.2 Å². The first-order valence-corrected chi connectivity index (χ1v) is 9.70. The third-order valence-electron chi connectivity index (χ3n) is 4.67. The molecule has 0 aliphatic heterocycles. The number of rotatable bonds is 7. The summed E-state index contributed by atoms with van der Waals surface area (Å²) in [5.41, 5.74) is 8.25. The Morgan fingerprint density at radius 1 is 1.20 bits per heavy atom. The van der Waals surface area contributed by atoms with Gasteiger partial charge >= 0.3 is 0 Å². The lowest BCUT2D eigenvalue weighted by Crippen LogP contribution is -2.50. The van der Waals surface area contributed by atoms with Gasteiger partial charge in [-0.15, -0.1) is 0 Å². The highest BCUT2D eigenvalue weighted by Gasteiger charge is 2.29. The summed E-state index contributed by atoms with van der Waals surface area (Å²) in [6, 6.07) is 13.5. The molecule has 0 saturated heterocycles. The molecule has 2 atom stereocenters. The fourth-order valence-electron chi connectivity index (χ4n) is 3.29. The number of nitrogens with zero attached hydrogens (tertiary/aromatic N) is 1. The summed E-state index contributed by atoms with van der Waals surface area (Å²) in [6.07, 6.45) is -1.43. The molecule has 2 unspecified atom stereocenters. The van der Waals surface area contributed by atoms with Gasteiger partial charge in [-0.05, 0) is 43.5 Å². The third-order valence-corrected chi connectivity index (χ3v) is 4.89. The molecule has 0 fully saturated rings. The Balaban J connectivity index is 1.91. The van der Waals surface area contributed by atoms with Crippen molar-refractivity contribution in [1.29, 1.82) is 0 Å². The van der Waals surface area contributed by atoms with Crippen LogP contribution in [0.15, 0.2) is 53.1 Å². The van der Waals surface area contributed by atoms with Crippen molar-refractivity contribution < 1.29 is 19.2 Å². The predicted molar refractivity (Wildman–Crippen MR) is 113 cm³/mol. The Labute approximate surface area is 178 Å². The molecule has 0 spiro atoms. The average Bonchev–Trinajstić information content (AvgIpc) is 3.08. The number of primary amides is 1. The van der Waals surface area contributed by atoms with E-state index in [4.69, 9.17) is 21.9 Å². The lowest BCUT2D eigenvalue weighted by molar-refractivity contribution is -0.127. The Bertz CT molecular complexity index is 1050. The van der Waals surface area contributed by atoms with Gasteiger partial charge in [0.2, 0.25) is 5.91 Å². The van der Waals surface area contributed by atoms with Crippen LogP contribution >= 0.6 is 11.6 Å². The minimum atomic E-state index is -1.59. The van der Waals surface area contributed by atoms with Gasteiger partial charge in [0.25, 0.3) is 5.91 Å². The number of nitrogens with one attached hydrogen (secondary N) is 1. The van der Waals surface area contributed by atoms with E-state index in [1.54, 1.807) is 31.2 Å². The molecule has 0 saturated carbocycles. The number of nitrogens with two attached hydrogens (primary N) is 1. The van der Waals surface area contributed by atoms with Crippen LogP contribution in [0, 0.1) is 13.8 Å². The molecular formula is C22H22ClN3O4. The van der Waals surface area contributed by atoms with Crippen molar-refractivity contribution in [3.63, 3.8) is 0 Å². The molecule has 2 amide bonds. The highest BCUT2D eigenvalue weighted by atomic mass is 35.5. The predicted octanol–water partition coefficient (Wildman–Crippen LogP) is 2.80. The summed E-state index contributed by atoms with van der Waals surface area (Å²) in [4.78, 5) is 24.7. The molecule has 0 bridgehead atoms. The molecule has 0 radical (unpaired) electrons. The number of benzene rings is 2. The number of aliphatic hydroxyl groups excluding tert-OH is 1. The first kappa shape index (κ1) is 21.5. The summed E-state index contributed by atoms with van der Waals surface area (Å²) in [7, 11) is 0. The molecule has 4 N–H and O–H groups in total. The number of halogens is 1. The molecule has 8 heteroatoms. The van der Waals surface area contributed by atoms with Crippen molar-refractivity contribution in [3.05, 3.63) is 75.9 Å². The van der Waals surface area contributed by atoms with Gasteiger partial charge in [0.1, 0.15) is 5.56 Å². The molecule has 3 rings (SSSR count). The van der Waals surface area contributed by atoms with E-state index in [1.807, 2.05) is 31.2 Å². The summed E-state index contributed by atoms with van der Waals surface area (Å²) >= 11 is 6.11. The number of aryl methyl sites for hydroxylation is 2. The van der Waals surface area contributed by atoms with Crippen molar-refractivity contribution in [2.45, 2.75) is 32.4 Å². The van der Waals surface area contributed by atoms with Crippen LogP contribution in [0.4, 0.5) is 0 Å². The molecule has 2 aromatic carbocycles. The number of aromatic nitrogens is 1. The van der Waals surface area contributed by atoms with Crippen molar-refractivity contribution in [1.82, 2.24) is 10.5 Å². The van der Waals surface area contributed by atoms with Crippen LogP contribution in [0.3, 0.4) is 0 Å². The lowest BCUT2D eigenvalue weighted by Gasteiger charge is -2.22. The van der Waals surface area contributed by atoms with Gasteiger partial charge in [-0.25, -0.2) is 0 Å². The van der Waals surface area contributed by atoms with Crippen LogP contribution < -0.4 is 11.1 Å². The average molecular weight is 428 g/mol. The van der Waals surface area contributed by atoms with Gasteiger partial charge in [-0.3, -0.25) is 9.59 Å². The molecule has 7 nitrogen and oxygen atoms in total. The Morgan fingerprint density at radius 2 is 1.90 bits per heavy atom. The van der Waals surface area contributed by atoms with E-state index in [-0.39, 0.29) is 12.0 Å². The van der Waals surface area contributed by atoms with Crippen LogP contribution in [0.1, 0.15) is 27.2 Å². The summed E-state index contributed by atoms with van der Waals surface area (Å²) in [5.74, 6) is -1.17. The van der Waals surface area contributed by atoms with Crippen molar-refractivity contribution in [3.8, 4) is 11.3 Å².